The molecule has 12 nitrogen and oxygen atoms in total. The summed E-state index contributed by atoms with van der Waals surface area (Å²) in [4.78, 5) is 48.3. The highest BCUT2D eigenvalue weighted by molar-refractivity contribution is 5.94. The van der Waals surface area contributed by atoms with Crippen LogP contribution in [0.1, 0.15) is 45.4 Å². The van der Waals surface area contributed by atoms with Crippen molar-refractivity contribution in [2.45, 2.75) is 69.6 Å². The Morgan fingerprint density at radius 2 is 1.23 bits per heavy atom. The van der Waals surface area contributed by atoms with Gasteiger partial charge in [-0.25, -0.2) is 0 Å². The van der Waals surface area contributed by atoms with E-state index in [-0.39, 0.29) is 12.8 Å². The molecule has 0 aliphatic heterocycles. The van der Waals surface area contributed by atoms with Crippen LogP contribution >= 0.6 is 0 Å². The molecule has 0 aliphatic carbocycles. The summed E-state index contributed by atoms with van der Waals surface area (Å²) in [5.41, 5.74) is 16.4. The average Bonchev–Trinajstić information content (AvgIpc) is 2.71. The monoisotopic (exact) mass is 432 g/mol. The summed E-state index contributed by atoms with van der Waals surface area (Å²) in [6.45, 7) is 1.55. The van der Waals surface area contributed by atoms with Crippen molar-refractivity contribution in [3.8, 4) is 0 Å². The lowest BCUT2D eigenvalue weighted by Crippen LogP contribution is -2.57. The van der Waals surface area contributed by atoms with Gasteiger partial charge >= 0.3 is 5.97 Å². The molecule has 0 aromatic carbocycles. The van der Waals surface area contributed by atoms with Crippen molar-refractivity contribution in [2.75, 3.05) is 19.7 Å². The highest BCUT2D eigenvalue weighted by atomic mass is 16.4. The maximum absolute atomic E-state index is 12.8. The number of carbonyl (C=O) groups excluding carboxylic acids is 3. The van der Waals surface area contributed by atoms with Gasteiger partial charge in [-0.3, -0.25) is 19.2 Å². The van der Waals surface area contributed by atoms with Gasteiger partial charge in [0.25, 0.3) is 0 Å². The van der Waals surface area contributed by atoms with Crippen LogP contribution in [0.5, 0.6) is 0 Å². The van der Waals surface area contributed by atoms with E-state index in [1.807, 2.05) is 0 Å². The minimum atomic E-state index is -1.21. The number of aliphatic hydroxyl groups is 1. The molecule has 0 bridgehead atoms. The van der Waals surface area contributed by atoms with Gasteiger partial charge < -0.3 is 43.4 Å². The van der Waals surface area contributed by atoms with E-state index in [0.29, 0.717) is 38.8 Å². The molecule has 3 amide bonds. The highest BCUT2D eigenvalue weighted by Gasteiger charge is 2.28. The summed E-state index contributed by atoms with van der Waals surface area (Å²) in [6.07, 6.45) is 2.84. The highest BCUT2D eigenvalue weighted by Crippen LogP contribution is 2.06. The SMILES string of the molecule is CC(NC(=O)C(CCCCN)NC(=O)C(CCCCN)NC(=O)C(N)CO)C(=O)O. The van der Waals surface area contributed by atoms with E-state index in [9.17, 15) is 19.2 Å². The molecule has 0 radical (unpaired) electrons. The molecule has 30 heavy (non-hydrogen) atoms. The molecule has 174 valence electrons. The Labute approximate surface area is 176 Å². The molecule has 0 saturated carbocycles. The maximum atomic E-state index is 12.8. The van der Waals surface area contributed by atoms with Crippen molar-refractivity contribution in [1.82, 2.24) is 16.0 Å². The zero-order chi connectivity index (χ0) is 23.1. The first-order valence-corrected chi connectivity index (χ1v) is 10.1. The topological polar surface area (TPSA) is 223 Å². The minimum absolute atomic E-state index is 0.251. The Bertz CT molecular complexity index is 561. The molecule has 0 aliphatic rings. The van der Waals surface area contributed by atoms with Crippen LogP contribution in [0.25, 0.3) is 0 Å². The molecule has 0 spiro atoms. The Balaban J connectivity index is 5.26. The number of nitrogens with one attached hydrogen (secondary N) is 3. The molecule has 4 unspecified atom stereocenters. The van der Waals surface area contributed by atoms with Gasteiger partial charge in [0.05, 0.1) is 6.61 Å². The number of nitrogens with two attached hydrogens (primary N) is 3. The Morgan fingerprint density at radius 3 is 1.63 bits per heavy atom. The van der Waals surface area contributed by atoms with Gasteiger partial charge in [-0.1, -0.05) is 0 Å². The number of aliphatic carboxylic acids is 1. The molecular weight excluding hydrogens is 396 g/mol. The number of rotatable bonds is 16. The number of unbranched alkanes of at least 4 members (excludes halogenated alkanes) is 2. The van der Waals surface area contributed by atoms with Crippen molar-refractivity contribution in [3.63, 3.8) is 0 Å². The molecule has 0 heterocycles. The second-order valence-electron chi connectivity index (χ2n) is 7.05. The summed E-state index contributed by atoms with van der Waals surface area (Å²) in [5, 5.41) is 25.4. The third-order valence-electron chi connectivity index (χ3n) is 4.42. The lowest BCUT2D eigenvalue weighted by Gasteiger charge is -2.24. The Morgan fingerprint density at radius 1 is 0.800 bits per heavy atom. The number of carboxylic acids is 1. The van der Waals surface area contributed by atoms with E-state index in [0.717, 1.165) is 0 Å². The molecule has 12 heteroatoms. The first-order valence-electron chi connectivity index (χ1n) is 10.1. The minimum Gasteiger partial charge on any atom is -0.480 e. The predicted molar refractivity (Wildman–Crippen MR) is 110 cm³/mol. The van der Waals surface area contributed by atoms with Gasteiger partial charge in [0.1, 0.15) is 24.2 Å². The van der Waals surface area contributed by atoms with Gasteiger partial charge in [-0.15, -0.1) is 0 Å². The van der Waals surface area contributed by atoms with E-state index in [2.05, 4.69) is 16.0 Å². The van der Waals surface area contributed by atoms with E-state index >= 15 is 0 Å². The van der Waals surface area contributed by atoms with Crippen LogP contribution < -0.4 is 33.2 Å². The number of carbonyl (C=O) groups is 4. The van der Waals surface area contributed by atoms with E-state index in [4.69, 9.17) is 27.4 Å². The van der Waals surface area contributed by atoms with Gasteiger partial charge in [0, 0.05) is 0 Å². The summed E-state index contributed by atoms with van der Waals surface area (Å²) in [5.74, 6) is -3.16. The molecule has 0 aromatic heterocycles. The fraction of sp³-hybridized carbons (Fsp3) is 0.778. The van der Waals surface area contributed by atoms with Crippen molar-refractivity contribution in [3.05, 3.63) is 0 Å². The second kappa shape index (κ2) is 15.5. The van der Waals surface area contributed by atoms with Crippen LogP contribution in [-0.4, -0.2) is 77.8 Å². The van der Waals surface area contributed by atoms with Gasteiger partial charge in [0.15, 0.2) is 0 Å². The first kappa shape index (κ1) is 27.7. The summed E-state index contributed by atoms with van der Waals surface area (Å²) in [6, 6.07) is -4.29. The molecule has 0 saturated heterocycles. The van der Waals surface area contributed by atoms with Crippen LogP contribution in [0, 0.1) is 0 Å². The quantitative estimate of drug-likeness (QED) is 0.117. The first-order chi connectivity index (χ1) is 14.2. The van der Waals surface area contributed by atoms with Crippen LogP contribution in [0.2, 0.25) is 0 Å². The lowest BCUT2D eigenvalue weighted by atomic mass is 10.0. The van der Waals surface area contributed by atoms with Gasteiger partial charge in [0.2, 0.25) is 17.7 Å². The van der Waals surface area contributed by atoms with Gasteiger partial charge in [-0.05, 0) is 58.5 Å². The molecule has 0 fully saturated rings. The number of amides is 3. The Hall–Kier alpha value is -2.28. The average molecular weight is 433 g/mol. The van der Waals surface area contributed by atoms with E-state index in [1.165, 1.54) is 6.92 Å². The van der Waals surface area contributed by atoms with Crippen molar-refractivity contribution >= 4 is 23.7 Å². The largest absolute Gasteiger partial charge is 0.480 e. The fourth-order valence-corrected chi connectivity index (χ4v) is 2.53. The molecule has 4 atom stereocenters. The van der Waals surface area contributed by atoms with Crippen molar-refractivity contribution in [2.24, 2.45) is 17.2 Å². The van der Waals surface area contributed by atoms with Gasteiger partial charge in [-0.2, -0.15) is 0 Å². The summed E-state index contributed by atoms with van der Waals surface area (Å²) in [7, 11) is 0. The number of hydrogen-bond donors (Lipinski definition) is 8. The Kier molecular flexibility index (Phi) is 14.4. The van der Waals surface area contributed by atoms with E-state index < -0.39 is 54.5 Å². The summed E-state index contributed by atoms with van der Waals surface area (Å²) >= 11 is 0. The summed E-state index contributed by atoms with van der Waals surface area (Å²) < 4.78 is 0. The predicted octanol–water partition coefficient (Wildman–Crippen LogP) is -2.88. The number of carboxylic acid groups (broad SMARTS) is 1. The van der Waals surface area contributed by atoms with Crippen LogP contribution in [0.15, 0.2) is 0 Å². The molecule has 11 N–H and O–H groups in total. The van der Waals surface area contributed by atoms with Crippen LogP contribution in [0.3, 0.4) is 0 Å². The third-order valence-corrected chi connectivity index (χ3v) is 4.42. The molecule has 0 rings (SSSR count). The third kappa shape index (κ3) is 11.0. The van der Waals surface area contributed by atoms with Crippen molar-refractivity contribution in [1.29, 1.82) is 0 Å². The van der Waals surface area contributed by atoms with Crippen LogP contribution in [0.4, 0.5) is 0 Å². The van der Waals surface area contributed by atoms with Crippen molar-refractivity contribution < 1.29 is 29.4 Å². The van der Waals surface area contributed by atoms with E-state index in [1.54, 1.807) is 0 Å². The second-order valence-corrected chi connectivity index (χ2v) is 7.05. The zero-order valence-corrected chi connectivity index (χ0v) is 17.4. The smallest absolute Gasteiger partial charge is 0.325 e. The maximum Gasteiger partial charge on any atom is 0.325 e. The normalized spacial score (nSPS) is 14.8. The van der Waals surface area contributed by atoms with Crippen LogP contribution in [-0.2, 0) is 19.2 Å². The zero-order valence-electron chi connectivity index (χ0n) is 17.4. The molecule has 0 aromatic rings. The number of aliphatic hydroxyl groups excluding tert-OH is 1. The standard InChI is InChI=1S/C18H36N6O6/c1-11(18(29)30)22-16(27)13(6-2-4-8-19)24-17(28)14(7-3-5-9-20)23-15(26)12(21)10-25/h11-14,25H,2-10,19-21H2,1H3,(H,22,27)(H,23,26)(H,24,28)(H,29,30). The lowest BCUT2D eigenvalue weighted by molar-refractivity contribution is -0.141. The number of hydrogen-bond acceptors (Lipinski definition) is 8. The fourth-order valence-electron chi connectivity index (χ4n) is 2.53. The molecular formula is C18H36N6O6.